The van der Waals surface area contributed by atoms with Crippen molar-refractivity contribution in [3.63, 3.8) is 0 Å². The number of nitrogens with one attached hydrogen (secondary N) is 1. The van der Waals surface area contributed by atoms with E-state index < -0.39 is 5.60 Å². The first kappa shape index (κ1) is 17.2. The second-order valence-corrected chi connectivity index (χ2v) is 8.25. The summed E-state index contributed by atoms with van der Waals surface area (Å²) in [7, 11) is 0. The summed E-state index contributed by atoms with van der Waals surface area (Å²) in [5, 5.41) is 7.00. The molecular formula is C19H26N2O2S. The third-order valence-electron chi connectivity index (χ3n) is 4.02. The number of carbonyl (C=O) groups is 1. The monoisotopic (exact) mass is 346 g/mol. The fraction of sp³-hybridized carbons (Fsp3) is 0.526. The van der Waals surface area contributed by atoms with Crippen molar-refractivity contribution >= 4 is 27.5 Å². The van der Waals surface area contributed by atoms with Gasteiger partial charge in [-0.2, -0.15) is 0 Å². The molecule has 4 nitrogen and oxygen atoms in total. The number of thiophene rings is 1. The Morgan fingerprint density at radius 3 is 2.79 bits per heavy atom. The van der Waals surface area contributed by atoms with Crippen LogP contribution in [0.25, 0.3) is 10.1 Å². The van der Waals surface area contributed by atoms with Gasteiger partial charge >= 0.3 is 6.09 Å². The molecule has 0 saturated heterocycles. The molecule has 0 aliphatic heterocycles. The molecule has 0 radical (unpaired) electrons. The number of benzene rings is 1. The van der Waals surface area contributed by atoms with Crippen molar-refractivity contribution in [2.24, 2.45) is 0 Å². The summed E-state index contributed by atoms with van der Waals surface area (Å²) < 4.78 is 6.84. The fourth-order valence-corrected chi connectivity index (χ4v) is 3.68. The molecule has 24 heavy (non-hydrogen) atoms. The van der Waals surface area contributed by atoms with Gasteiger partial charge in [-0.05, 0) is 56.0 Å². The molecular weight excluding hydrogens is 320 g/mol. The van der Waals surface area contributed by atoms with E-state index in [9.17, 15) is 4.79 Å². The smallest absolute Gasteiger partial charge is 0.410 e. The van der Waals surface area contributed by atoms with Crippen molar-refractivity contribution in [1.82, 2.24) is 10.2 Å². The van der Waals surface area contributed by atoms with Crippen molar-refractivity contribution in [2.45, 2.75) is 51.8 Å². The van der Waals surface area contributed by atoms with Crippen LogP contribution in [0.15, 0.2) is 29.6 Å². The third-order valence-corrected chi connectivity index (χ3v) is 5.03. The molecule has 3 rings (SSSR count). The first-order chi connectivity index (χ1) is 11.4. The van der Waals surface area contributed by atoms with Crippen LogP contribution >= 0.6 is 11.3 Å². The van der Waals surface area contributed by atoms with Gasteiger partial charge in [0.2, 0.25) is 0 Å². The van der Waals surface area contributed by atoms with Gasteiger partial charge < -0.3 is 15.0 Å². The van der Waals surface area contributed by atoms with Crippen LogP contribution in [-0.2, 0) is 11.3 Å². The largest absolute Gasteiger partial charge is 0.444 e. The minimum absolute atomic E-state index is 0.187. The van der Waals surface area contributed by atoms with E-state index in [-0.39, 0.29) is 6.09 Å². The number of ether oxygens (including phenoxy) is 1. The first-order valence-electron chi connectivity index (χ1n) is 8.59. The average molecular weight is 346 g/mol. The molecule has 1 amide bonds. The van der Waals surface area contributed by atoms with Gasteiger partial charge in [-0.3, -0.25) is 0 Å². The van der Waals surface area contributed by atoms with E-state index in [2.05, 4.69) is 35.0 Å². The maximum Gasteiger partial charge on any atom is 0.410 e. The summed E-state index contributed by atoms with van der Waals surface area (Å²) in [5.74, 6) is 0. The lowest BCUT2D eigenvalue weighted by Crippen LogP contribution is -2.41. The molecule has 0 atom stereocenters. The average Bonchev–Trinajstić information content (AvgIpc) is 3.26. The normalized spacial score (nSPS) is 14.8. The minimum Gasteiger partial charge on any atom is -0.444 e. The van der Waals surface area contributed by atoms with Gasteiger partial charge in [0.25, 0.3) is 0 Å². The predicted octanol–water partition coefficient (Wildman–Crippen LogP) is 4.39. The standard InChI is InChI=1S/C19H26N2O2S/c1-19(2,3)23-18(22)21(15-8-9-15)11-10-20-12-14-13-24-17-7-5-4-6-16(14)17/h4-7,13,15,20H,8-12H2,1-3H3. The molecule has 1 N–H and O–H groups in total. The number of fused-ring (bicyclic) bond motifs is 1. The summed E-state index contributed by atoms with van der Waals surface area (Å²) in [6, 6.07) is 8.84. The molecule has 1 heterocycles. The van der Waals surface area contributed by atoms with Crippen molar-refractivity contribution in [3.8, 4) is 0 Å². The van der Waals surface area contributed by atoms with Gasteiger partial charge in [0, 0.05) is 30.4 Å². The second kappa shape index (κ2) is 7.11. The molecule has 1 fully saturated rings. The molecule has 0 bridgehead atoms. The number of rotatable bonds is 6. The van der Waals surface area contributed by atoms with Crippen LogP contribution in [0.5, 0.6) is 0 Å². The highest BCUT2D eigenvalue weighted by Gasteiger charge is 2.34. The van der Waals surface area contributed by atoms with E-state index in [1.807, 2.05) is 25.7 Å². The third kappa shape index (κ3) is 4.48. The first-order valence-corrected chi connectivity index (χ1v) is 9.47. The van der Waals surface area contributed by atoms with E-state index in [1.165, 1.54) is 15.6 Å². The number of nitrogens with zero attached hydrogens (tertiary/aromatic N) is 1. The van der Waals surface area contributed by atoms with E-state index in [4.69, 9.17) is 4.74 Å². The van der Waals surface area contributed by atoms with Crippen LogP contribution in [0, 0.1) is 0 Å². The Morgan fingerprint density at radius 2 is 2.08 bits per heavy atom. The maximum atomic E-state index is 12.3. The van der Waals surface area contributed by atoms with Gasteiger partial charge in [0.1, 0.15) is 5.60 Å². The molecule has 1 aromatic carbocycles. The Hall–Kier alpha value is -1.59. The van der Waals surface area contributed by atoms with Crippen molar-refractivity contribution in [3.05, 3.63) is 35.2 Å². The lowest BCUT2D eigenvalue weighted by molar-refractivity contribution is 0.0236. The Bertz CT molecular complexity index is 701. The highest BCUT2D eigenvalue weighted by atomic mass is 32.1. The molecule has 1 aliphatic rings. The zero-order valence-electron chi connectivity index (χ0n) is 14.7. The number of amides is 1. The molecule has 0 spiro atoms. The maximum absolute atomic E-state index is 12.3. The second-order valence-electron chi connectivity index (χ2n) is 7.34. The quantitative estimate of drug-likeness (QED) is 0.789. The van der Waals surface area contributed by atoms with Crippen LogP contribution in [-0.4, -0.2) is 35.7 Å². The van der Waals surface area contributed by atoms with Gasteiger partial charge in [0.05, 0.1) is 0 Å². The minimum atomic E-state index is -0.437. The van der Waals surface area contributed by atoms with Crippen LogP contribution < -0.4 is 5.32 Å². The van der Waals surface area contributed by atoms with E-state index in [1.54, 1.807) is 11.3 Å². The summed E-state index contributed by atoms with van der Waals surface area (Å²) in [5.41, 5.74) is 0.888. The zero-order valence-corrected chi connectivity index (χ0v) is 15.5. The van der Waals surface area contributed by atoms with Gasteiger partial charge in [-0.25, -0.2) is 4.79 Å². The van der Waals surface area contributed by atoms with Crippen LogP contribution in [0.3, 0.4) is 0 Å². The Labute approximate surface area is 147 Å². The summed E-state index contributed by atoms with van der Waals surface area (Å²) in [6.45, 7) is 8.04. The van der Waals surface area contributed by atoms with Crippen LogP contribution in [0.2, 0.25) is 0 Å². The predicted molar refractivity (Wildman–Crippen MR) is 99.5 cm³/mol. The molecule has 1 aliphatic carbocycles. The fourth-order valence-electron chi connectivity index (χ4n) is 2.72. The molecule has 2 aromatic rings. The van der Waals surface area contributed by atoms with Gasteiger partial charge in [-0.15, -0.1) is 11.3 Å². The van der Waals surface area contributed by atoms with Crippen molar-refractivity contribution in [1.29, 1.82) is 0 Å². The lowest BCUT2D eigenvalue weighted by atomic mass is 10.2. The van der Waals surface area contributed by atoms with E-state index in [0.29, 0.717) is 12.6 Å². The zero-order chi connectivity index (χ0) is 17.2. The molecule has 1 saturated carbocycles. The van der Waals surface area contributed by atoms with Gasteiger partial charge in [-0.1, -0.05) is 18.2 Å². The van der Waals surface area contributed by atoms with Crippen LogP contribution in [0.1, 0.15) is 39.2 Å². The molecule has 1 aromatic heterocycles. The lowest BCUT2D eigenvalue weighted by Gasteiger charge is -2.27. The SMILES string of the molecule is CC(C)(C)OC(=O)N(CCNCc1csc2ccccc12)C1CC1. The Balaban J connectivity index is 1.50. The highest BCUT2D eigenvalue weighted by Crippen LogP contribution is 2.28. The van der Waals surface area contributed by atoms with Crippen molar-refractivity contribution in [2.75, 3.05) is 13.1 Å². The summed E-state index contributed by atoms with van der Waals surface area (Å²) in [4.78, 5) is 14.2. The molecule has 5 heteroatoms. The molecule has 0 unspecified atom stereocenters. The summed E-state index contributed by atoms with van der Waals surface area (Å²) in [6.07, 6.45) is 2.00. The Morgan fingerprint density at radius 1 is 1.33 bits per heavy atom. The van der Waals surface area contributed by atoms with Gasteiger partial charge in [0.15, 0.2) is 0 Å². The number of carbonyl (C=O) groups excluding carboxylic acids is 1. The van der Waals surface area contributed by atoms with Crippen LogP contribution in [0.4, 0.5) is 4.79 Å². The van der Waals surface area contributed by atoms with Crippen molar-refractivity contribution < 1.29 is 9.53 Å². The Kier molecular flexibility index (Phi) is 5.11. The number of hydrogen-bond donors (Lipinski definition) is 1. The summed E-state index contributed by atoms with van der Waals surface area (Å²) >= 11 is 1.78. The van der Waals surface area contributed by atoms with E-state index >= 15 is 0 Å². The number of hydrogen-bond acceptors (Lipinski definition) is 4. The van der Waals surface area contributed by atoms with E-state index in [0.717, 1.165) is 25.9 Å². The topological polar surface area (TPSA) is 41.6 Å². The molecule has 130 valence electrons. The highest BCUT2D eigenvalue weighted by molar-refractivity contribution is 7.17.